The topological polar surface area (TPSA) is 15.3 Å². The first-order chi connectivity index (χ1) is 9.06. The lowest BCUT2D eigenvalue weighted by atomic mass is 10.3. The van der Waals surface area contributed by atoms with E-state index in [9.17, 15) is 4.39 Å². The second-order valence-electron chi connectivity index (χ2n) is 3.99. The summed E-state index contributed by atoms with van der Waals surface area (Å²) < 4.78 is 13.0. The van der Waals surface area contributed by atoms with E-state index in [-0.39, 0.29) is 5.02 Å². The summed E-state index contributed by atoms with van der Waals surface area (Å²) in [6.07, 6.45) is 0. The number of hydrogen-bond acceptors (Lipinski definition) is 2. The third-order valence-corrected chi connectivity index (χ3v) is 4.06. The van der Waals surface area contributed by atoms with Gasteiger partial charge in [0.1, 0.15) is 5.82 Å². The van der Waals surface area contributed by atoms with Crippen LogP contribution in [0.25, 0.3) is 0 Å². The van der Waals surface area contributed by atoms with E-state index in [1.165, 1.54) is 17.0 Å². The highest BCUT2D eigenvalue weighted by Gasteiger charge is 2.07. The lowest BCUT2D eigenvalue weighted by Crippen LogP contribution is -2.30. The number of thiophene rings is 1. The Morgan fingerprint density at radius 1 is 1.47 bits per heavy atom. The van der Waals surface area contributed by atoms with Crippen molar-refractivity contribution in [1.82, 2.24) is 4.90 Å². The molecule has 0 aliphatic carbocycles. The summed E-state index contributed by atoms with van der Waals surface area (Å²) >= 11 is 12.7. The van der Waals surface area contributed by atoms with E-state index in [0.29, 0.717) is 10.8 Å². The Morgan fingerprint density at radius 2 is 2.26 bits per heavy atom. The number of nitrogens with one attached hydrogen (secondary N) is 1. The minimum absolute atomic E-state index is 0.0775. The van der Waals surface area contributed by atoms with Crippen molar-refractivity contribution >= 4 is 46.0 Å². The fraction of sp³-hybridized carbons (Fsp3) is 0.154. The van der Waals surface area contributed by atoms with Gasteiger partial charge in [-0.2, -0.15) is 0 Å². The van der Waals surface area contributed by atoms with E-state index in [0.717, 1.165) is 6.54 Å². The van der Waals surface area contributed by atoms with Crippen molar-refractivity contribution in [1.29, 1.82) is 0 Å². The van der Waals surface area contributed by atoms with E-state index in [4.69, 9.17) is 23.8 Å². The molecule has 0 bridgehead atoms. The van der Waals surface area contributed by atoms with Gasteiger partial charge in [-0.15, -0.1) is 11.3 Å². The molecule has 19 heavy (non-hydrogen) atoms. The molecule has 2 aromatic rings. The third kappa shape index (κ3) is 3.89. The van der Waals surface area contributed by atoms with Crippen LogP contribution in [0.15, 0.2) is 35.7 Å². The summed E-state index contributed by atoms with van der Waals surface area (Å²) in [5, 5.41) is 5.70. The van der Waals surface area contributed by atoms with E-state index in [1.54, 1.807) is 17.4 Å². The molecule has 0 aliphatic heterocycles. The molecule has 2 nitrogen and oxygen atoms in total. The van der Waals surface area contributed by atoms with Crippen LogP contribution in [0, 0.1) is 5.82 Å². The van der Waals surface area contributed by atoms with Gasteiger partial charge in [0.2, 0.25) is 0 Å². The van der Waals surface area contributed by atoms with E-state index in [2.05, 4.69) is 11.4 Å². The molecule has 1 aromatic heterocycles. The molecule has 1 heterocycles. The van der Waals surface area contributed by atoms with Gasteiger partial charge in [-0.1, -0.05) is 17.7 Å². The molecule has 0 atom stereocenters. The van der Waals surface area contributed by atoms with Crippen molar-refractivity contribution in [3.63, 3.8) is 0 Å². The van der Waals surface area contributed by atoms with E-state index >= 15 is 0 Å². The number of rotatable bonds is 3. The predicted octanol–water partition coefficient (Wildman–Crippen LogP) is 4.37. The van der Waals surface area contributed by atoms with E-state index < -0.39 is 5.82 Å². The second kappa shape index (κ2) is 6.32. The van der Waals surface area contributed by atoms with Crippen molar-refractivity contribution < 1.29 is 4.39 Å². The van der Waals surface area contributed by atoms with Gasteiger partial charge in [-0.25, -0.2) is 4.39 Å². The Labute approximate surface area is 125 Å². The Balaban J connectivity index is 1.98. The number of nitrogens with zero attached hydrogens (tertiary/aromatic N) is 1. The minimum atomic E-state index is -0.440. The minimum Gasteiger partial charge on any atom is -0.347 e. The fourth-order valence-electron chi connectivity index (χ4n) is 1.50. The number of anilines is 1. The summed E-state index contributed by atoms with van der Waals surface area (Å²) in [5.41, 5.74) is 0.675. The summed E-state index contributed by atoms with van der Waals surface area (Å²) in [7, 11) is 1.90. The fourth-order valence-corrected chi connectivity index (χ4v) is 2.62. The smallest absolute Gasteiger partial charge is 0.173 e. The van der Waals surface area contributed by atoms with Gasteiger partial charge >= 0.3 is 0 Å². The molecule has 0 amide bonds. The zero-order chi connectivity index (χ0) is 13.8. The van der Waals surface area contributed by atoms with Crippen LogP contribution in [0.2, 0.25) is 5.02 Å². The average Bonchev–Trinajstić information content (AvgIpc) is 2.86. The van der Waals surface area contributed by atoms with Gasteiger partial charge in [-0.05, 0) is 41.9 Å². The Hall–Kier alpha value is -1.17. The van der Waals surface area contributed by atoms with Crippen molar-refractivity contribution in [2.45, 2.75) is 6.54 Å². The normalized spacial score (nSPS) is 10.3. The second-order valence-corrected chi connectivity index (χ2v) is 5.82. The molecular weight excluding hydrogens is 303 g/mol. The molecule has 0 spiro atoms. The van der Waals surface area contributed by atoms with Crippen LogP contribution < -0.4 is 5.32 Å². The van der Waals surface area contributed by atoms with Crippen molar-refractivity contribution in [2.75, 3.05) is 12.4 Å². The van der Waals surface area contributed by atoms with Crippen LogP contribution in [0.5, 0.6) is 0 Å². The maximum Gasteiger partial charge on any atom is 0.173 e. The summed E-state index contributed by atoms with van der Waals surface area (Å²) in [6.45, 7) is 0.735. The Bertz CT molecular complexity index is 572. The largest absolute Gasteiger partial charge is 0.347 e. The molecule has 0 saturated carbocycles. The maximum atomic E-state index is 13.0. The van der Waals surface area contributed by atoms with Gasteiger partial charge in [0.25, 0.3) is 0 Å². The summed E-state index contributed by atoms with van der Waals surface area (Å²) in [4.78, 5) is 3.14. The average molecular weight is 315 g/mol. The Kier molecular flexibility index (Phi) is 4.74. The highest BCUT2D eigenvalue weighted by Crippen LogP contribution is 2.20. The summed E-state index contributed by atoms with van der Waals surface area (Å²) in [6, 6.07) is 8.49. The van der Waals surface area contributed by atoms with Crippen LogP contribution in [0.4, 0.5) is 10.1 Å². The highest BCUT2D eigenvalue weighted by atomic mass is 35.5. The van der Waals surface area contributed by atoms with Crippen LogP contribution >= 0.6 is 35.2 Å². The van der Waals surface area contributed by atoms with Gasteiger partial charge in [0.15, 0.2) is 5.11 Å². The van der Waals surface area contributed by atoms with Crippen LogP contribution in [-0.2, 0) is 6.54 Å². The number of halogens is 2. The zero-order valence-electron chi connectivity index (χ0n) is 10.2. The Morgan fingerprint density at radius 3 is 2.89 bits per heavy atom. The molecule has 0 unspecified atom stereocenters. The van der Waals surface area contributed by atoms with Gasteiger partial charge < -0.3 is 10.2 Å². The molecule has 100 valence electrons. The molecule has 0 fully saturated rings. The molecule has 0 aliphatic rings. The SMILES string of the molecule is CN(Cc1cccs1)C(=S)Nc1ccc(F)c(Cl)c1. The van der Waals surface area contributed by atoms with Gasteiger partial charge in [-0.3, -0.25) is 0 Å². The first-order valence-corrected chi connectivity index (χ1v) is 7.22. The lowest BCUT2D eigenvalue weighted by molar-refractivity contribution is 0.514. The molecule has 1 N–H and O–H groups in total. The molecule has 6 heteroatoms. The zero-order valence-corrected chi connectivity index (χ0v) is 12.6. The number of thiocarbonyl (C=S) groups is 1. The first-order valence-electron chi connectivity index (χ1n) is 5.56. The molecular formula is C13H12ClFN2S2. The summed E-state index contributed by atoms with van der Waals surface area (Å²) in [5.74, 6) is -0.440. The van der Waals surface area contributed by atoms with Crippen LogP contribution in [-0.4, -0.2) is 17.1 Å². The molecule has 0 saturated heterocycles. The maximum absolute atomic E-state index is 13.0. The molecule has 2 rings (SSSR count). The highest BCUT2D eigenvalue weighted by molar-refractivity contribution is 7.80. The van der Waals surface area contributed by atoms with E-state index in [1.807, 2.05) is 23.4 Å². The number of hydrogen-bond donors (Lipinski definition) is 1. The monoisotopic (exact) mass is 314 g/mol. The third-order valence-electron chi connectivity index (χ3n) is 2.49. The number of benzene rings is 1. The van der Waals surface area contributed by atoms with Crippen LogP contribution in [0.3, 0.4) is 0 Å². The standard InChI is InChI=1S/C13H12ClFN2S2/c1-17(8-10-3-2-6-19-10)13(18)16-9-4-5-12(15)11(14)7-9/h2-7H,8H2,1H3,(H,16,18). The predicted molar refractivity (Wildman–Crippen MR) is 83.4 cm³/mol. The molecule has 1 aromatic carbocycles. The first kappa shape index (κ1) is 14.2. The van der Waals surface area contributed by atoms with Crippen molar-refractivity contribution in [2.24, 2.45) is 0 Å². The van der Waals surface area contributed by atoms with Crippen molar-refractivity contribution in [3.8, 4) is 0 Å². The van der Waals surface area contributed by atoms with Gasteiger partial charge in [0, 0.05) is 17.6 Å². The quantitative estimate of drug-likeness (QED) is 0.847. The lowest BCUT2D eigenvalue weighted by Gasteiger charge is -2.20. The molecule has 0 radical (unpaired) electrons. The van der Waals surface area contributed by atoms with Crippen molar-refractivity contribution in [3.05, 3.63) is 51.4 Å². The van der Waals surface area contributed by atoms with Gasteiger partial charge in [0.05, 0.1) is 11.6 Å². The van der Waals surface area contributed by atoms with Crippen LogP contribution in [0.1, 0.15) is 4.88 Å².